The first-order valence-electron chi connectivity index (χ1n) is 8.23. The number of fused-ring (bicyclic) bond motifs is 1. The van der Waals surface area contributed by atoms with Gasteiger partial charge in [0.1, 0.15) is 11.3 Å². The molecule has 0 aliphatic carbocycles. The van der Waals surface area contributed by atoms with Gasteiger partial charge in [0.2, 0.25) is 5.91 Å². The fraction of sp³-hybridized carbons (Fsp3) is 0.474. The van der Waals surface area contributed by atoms with Crippen LogP contribution in [-0.2, 0) is 11.2 Å². The molecule has 0 saturated carbocycles. The van der Waals surface area contributed by atoms with Crippen LogP contribution in [0.1, 0.15) is 38.3 Å². The topological polar surface area (TPSA) is 68.5 Å². The summed E-state index contributed by atoms with van der Waals surface area (Å²) in [4.78, 5) is 24.3. The van der Waals surface area contributed by atoms with Crippen molar-refractivity contribution >= 4 is 16.9 Å². The van der Waals surface area contributed by atoms with Crippen LogP contribution in [0.15, 0.2) is 27.4 Å². The Balaban J connectivity index is 2.20. The predicted octanol–water partition coefficient (Wildman–Crippen LogP) is 3.20. The van der Waals surface area contributed by atoms with Crippen molar-refractivity contribution in [3.8, 4) is 5.75 Å². The molecule has 1 aromatic carbocycles. The van der Waals surface area contributed by atoms with Crippen LogP contribution in [0.3, 0.4) is 0 Å². The Kier molecular flexibility index (Phi) is 5.65. The summed E-state index contributed by atoms with van der Waals surface area (Å²) < 4.78 is 10.6. The van der Waals surface area contributed by atoms with Crippen LogP contribution in [0.5, 0.6) is 5.75 Å². The molecule has 1 heterocycles. The van der Waals surface area contributed by atoms with Gasteiger partial charge in [-0.15, -0.1) is 0 Å². The summed E-state index contributed by atoms with van der Waals surface area (Å²) in [6, 6.07) is 5.51. The van der Waals surface area contributed by atoms with Gasteiger partial charge in [-0.05, 0) is 43.9 Å². The Morgan fingerprint density at radius 2 is 2.00 bits per heavy atom. The van der Waals surface area contributed by atoms with Gasteiger partial charge in [0, 0.05) is 29.5 Å². The summed E-state index contributed by atoms with van der Waals surface area (Å²) in [7, 11) is 1.57. The van der Waals surface area contributed by atoms with Gasteiger partial charge in [-0.3, -0.25) is 4.79 Å². The number of amides is 1. The van der Waals surface area contributed by atoms with Gasteiger partial charge in [0.15, 0.2) is 0 Å². The van der Waals surface area contributed by atoms with Gasteiger partial charge in [0.25, 0.3) is 0 Å². The van der Waals surface area contributed by atoms with E-state index in [9.17, 15) is 9.59 Å². The molecule has 5 nitrogen and oxygen atoms in total. The van der Waals surface area contributed by atoms with Crippen molar-refractivity contribution in [2.75, 3.05) is 7.11 Å². The lowest BCUT2D eigenvalue weighted by molar-refractivity contribution is -0.121. The highest BCUT2D eigenvalue weighted by Crippen LogP contribution is 2.24. The highest BCUT2D eigenvalue weighted by atomic mass is 16.5. The molecule has 0 unspecified atom stereocenters. The standard InChI is InChI=1S/C19H25NO4/c1-11(2)13(4)20-18(21)9-8-16-12(3)15-7-6-14(23-5)10-17(15)24-19(16)22/h6-7,10-11,13H,8-9H2,1-5H3,(H,20,21)/t13-/m1/s1. The van der Waals surface area contributed by atoms with Crippen molar-refractivity contribution in [1.29, 1.82) is 0 Å². The maximum atomic E-state index is 12.3. The first-order valence-corrected chi connectivity index (χ1v) is 8.23. The predicted molar refractivity (Wildman–Crippen MR) is 94.5 cm³/mol. The number of nitrogens with one attached hydrogen (secondary N) is 1. The normalized spacial score (nSPS) is 12.4. The maximum absolute atomic E-state index is 12.3. The summed E-state index contributed by atoms with van der Waals surface area (Å²) in [6.45, 7) is 7.98. The van der Waals surface area contributed by atoms with Crippen molar-refractivity contribution < 1.29 is 13.9 Å². The minimum absolute atomic E-state index is 0.0511. The summed E-state index contributed by atoms with van der Waals surface area (Å²) in [5.74, 6) is 0.959. The second-order valence-electron chi connectivity index (χ2n) is 6.46. The van der Waals surface area contributed by atoms with E-state index in [1.54, 1.807) is 13.2 Å². The average Bonchev–Trinajstić information content (AvgIpc) is 2.53. The Morgan fingerprint density at radius 1 is 1.29 bits per heavy atom. The van der Waals surface area contributed by atoms with Crippen LogP contribution < -0.4 is 15.7 Å². The average molecular weight is 331 g/mol. The number of rotatable bonds is 6. The third-order valence-electron chi connectivity index (χ3n) is 4.49. The molecule has 2 aromatic rings. The van der Waals surface area contributed by atoms with E-state index >= 15 is 0 Å². The van der Waals surface area contributed by atoms with E-state index in [4.69, 9.17) is 9.15 Å². The molecule has 24 heavy (non-hydrogen) atoms. The Hall–Kier alpha value is -2.30. The molecule has 0 spiro atoms. The number of carbonyl (C=O) groups is 1. The molecule has 0 bridgehead atoms. The molecule has 1 N–H and O–H groups in total. The van der Waals surface area contributed by atoms with Crippen molar-refractivity contribution in [2.45, 2.75) is 46.6 Å². The molecular weight excluding hydrogens is 306 g/mol. The van der Waals surface area contributed by atoms with Crippen molar-refractivity contribution in [1.82, 2.24) is 5.32 Å². The fourth-order valence-electron chi connectivity index (χ4n) is 2.52. The number of ether oxygens (including phenoxy) is 1. The quantitative estimate of drug-likeness (QED) is 0.825. The van der Waals surface area contributed by atoms with E-state index in [0.29, 0.717) is 29.2 Å². The third-order valence-corrected chi connectivity index (χ3v) is 4.49. The van der Waals surface area contributed by atoms with Crippen molar-refractivity contribution in [3.63, 3.8) is 0 Å². The minimum Gasteiger partial charge on any atom is -0.497 e. The zero-order valence-corrected chi connectivity index (χ0v) is 14.9. The van der Waals surface area contributed by atoms with Gasteiger partial charge >= 0.3 is 5.63 Å². The van der Waals surface area contributed by atoms with E-state index in [1.807, 2.05) is 26.0 Å². The molecule has 0 radical (unpaired) electrons. The van der Waals surface area contributed by atoms with E-state index < -0.39 is 5.63 Å². The molecule has 1 aromatic heterocycles. The molecule has 0 saturated heterocycles. The molecule has 130 valence electrons. The number of carbonyl (C=O) groups excluding carboxylic acids is 1. The fourth-order valence-corrected chi connectivity index (χ4v) is 2.52. The van der Waals surface area contributed by atoms with Gasteiger partial charge in [-0.2, -0.15) is 0 Å². The number of hydrogen-bond donors (Lipinski definition) is 1. The van der Waals surface area contributed by atoms with Gasteiger partial charge in [-0.25, -0.2) is 4.79 Å². The smallest absolute Gasteiger partial charge is 0.339 e. The van der Waals surface area contributed by atoms with Crippen LogP contribution in [0.2, 0.25) is 0 Å². The molecule has 1 atom stereocenters. The number of aryl methyl sites for hydroxylation is 1. The Labute approximate surface area is 142 Å². The summed E-state index contributed by atoms with van der Waals surface area (Å²) in [5, 5.41) is 3.81. The monoisotopic (exact) mass is 331 g/mol. The van der Waals surface area contributed by atoms with Gasteiger partial charge < -0.3 is 14.5 Å². The molecule has 0 aliphatic heterocycles. The summed E-state index contributed by atoms with van der Waals surface area (Å²) >= 11 is 0. The van der Waals surface area contributed by atoms with Gasteiger partial charge in [0.05, 0.1) is 7.11 Å². The summed E-state index contributed by atoms with van der Waals surface area (Å²) in [5.41, 5.74) is 1.52. The Bertz CT molecular complexity index is 792. The second kappa shape index (κ2) is 7.51. The first kappa shape index (κ1) is 18.0. The van der Waals surface area contributed by atoms with Crippen molar-refractivity contribution in [3.05, 3.63) is 39.7 Å². The van der Waals surface area contributed by atoms with E-state index in [1.165, 1.54) is 0 Å². The van der Waals surface area contributed by atoms with Crippen LogP contribution in [0.4, 0.5) is 0 Å². The number of benzene rings is 1. The van der Waals surface area contributed by atoms with Crippen LogP contribution in [0.25, 0.3) is 11.0 Å². The number of methoxy groups -OCH3 is 1. The van der Waals surface area contributed by atoms with Gasteiger partial charge in [-0.1, -0.05) is 13.8 Å². The lowest BCUT2D eigenvalue weighted by Crippen LogP contribution is -2.36. The van der Waals surface area contributed by atoms with E-state index in [2.05, 4.69) is 19.2 Å². The molecule has 2 rings (SSSR count). The van der Waals surface area contributed by atoms with E-state index in [-0.39, 0.29) is 18.4 Å². The number of hydrogen-bond acceptors (Lipinski definition) is 4. The van der Waals surface area contributed by atoms with Crippen LogP contribution >= 0.6 is 0 Å². The third kappa shape index (κ3) is 3.96. The maximum Gasteiger partial charge on any atom is 0.339 e. The minimum atomic E-state index is -0.391. The van der Waals surface area contributed by atoms with Crippen LogP contribution in [-0.4, -0.2) is 19.1 Å². The van der Waals surface area contributed by atoms with E-state index in [0.717, 1.165) is 10.9 Å². The van der Waals surface area contributed by atoms with Crippen LogP contribution in [0, 0.1) is 12.8 Å². The highest BCUT2D eigenvalue weighted by Gasteiger charge is 2.15. The lowest BCUT2D eigenvalue weighted by Gasteiger charge is -2.17. The lowest BCUT2D eigenvalue weighted by atomic mass is 10.0. The zero-order chi connectivity index (χ0) is 17.9. The first-order chi connectivity index (χ1) is 11.3. The largest absolute Gasteiger partial charge is 0.497 e. The highest BCUT2D eigenvalue weighted by molar-refractivity contribution is 5.82. The molecule has 0 fully saturated rings. The molecule has 0 aliphatic rings. The summed E-state index contributed by atoms with van der Waals surface area (Å²) in [6.07, 6.45) is 0.636. The zero-order valence-electron chi connectivity index (χ0n) is 14.9. The van der Waals surface area contributed by atoms with Crippen molar-refractivity contribution in [2.24, 2.45) is 5.92 Å². The second-order valence-corrected chi connectivity index (χ2v) is 6.46. The SMILES string of the molecule is COc1ccc2c(C)c(CCC(=O)N[C@H](C)C(C)C)c(=O)oc2c1. The Morgan fingerprint density at radius 3 is 2.62 bits per heavy atom. The molecular formula is C19H25NO4. The molecule has 1 amide bonds. The molecule has 5 heteroatoms.